The maximum atomic E-state index is 12.1. The number of hydrazone groups is 1. The third-order valence-corrected chi connectivity index (χ3v) is 4.46. The Morgan fingerprint density at radius 3 is 2.62 bits per heavy atom. The number of amides is 2. The van der Waals surface area contributed by atoms with Gasteiger partial charge in [0.15, 0.2) is 0 Å². The minimum absolute atomic E-state index is 0.503. The molecule has 0 aliphatic carbocycles. The molecule has 1 fully saturated rings. The van der Waals surface area contributed by atoms with Gasteiger partial charge in [0.05, 0.1) is 6.21 Å². The molecule has 0 spiro atoms. The normalized spacial score (nSPS) is 15.8. The molecular formula is C19H21N3O2. The van der Waals surface area contributed by atoms with Crippen LogP contribution in [0.25, 0.3) is 10.8 Å². The van der Waals surface area contributed by atoms with Crippen LogP contribution in [0.3, 0.4) is 0 Å². The molecule has 2 aromatic carbocycles. The number of carbonyl (C=O) groups is 2. The Labute approximate surface area is 141 Å². The van der Waals surface area contributed by atoms with Crippen molar-refractivity contribution in [3.63, 3.8) is 0 Å². The van der Waals surface area contributed by atoms with Gasteiger partial charge >= 0.3 is 11.8 Å². The number of likely N-dealkylation sites (tertiary alicyclic amines) is 1. The van der Waals surface area contributed by atoms with Crippen molar-refractivity contribution in [2.24, 2.45) is 11.0 Å². The smallest absolute Gasteiger partial charge is 0.329 e. The molecule has 5 heteroatoms. The van der Waals surface area contributed by atoms with E-state index < -0.39 is 11.8 Å². The largest absolute Gasteiger partial charge is 0.334 e. The SMILES string of the molecule is CC1CCN(C(=O)C(=O)N/N=C/c2cccc3ccccc23)CC1. The van der Waals surface area contributed by atoms with E-state index >= 15 is 0 Å². The topological polar surface area (TPSA) is 61.8 Å². The number of fused-ring (bicyclic) bond motifs is 1. The number of carbonyl (C=O) groups excluding carboxylic acids is 2. The van der Waals surface area contributed by atoms with Crippen LogP contribution in [-0.2, 0) is 9.59 Å². The maximum Gasteiger partial charge on any atom is 0.329 e. The van der Waals surface area contributed by atoms with Crippen molar-refractivity contribution in [2.45, 2.75) is 19.8 Å². The minimum Gasteiger partial charge on any atom is -0.334 e. The van der Waals surface area contributed by atoms with Crippen LogP contribution in [0.2, 0.25) is 0 Å². The second kappa shape index (κ2) is 7.25. The predicted octanol–water partition coefficient (Wildman–Crippen LogP) is 2.55. The molecule has 1 aliphatic heterocycles. The minimum atomic E-state index is -0.680. The van der Waals surface area contributed by atoms with Crippen LogP contribution in [0.5, 0.6) is 0 Å². The van der Waals surface area contributed by atoms with Gasteiger partial charge in [-0.25, -0.2) is 5.43 Å². The quantitative estimate of drug-likeness (QED) is 0.524. The standard InChI is InChI=1S/C19H21N3O2/c1-14-9-11-22(12-10-14)19(24)18(23)21-20-13-16-7-4-6-15-5-2-3-8-17(15)16/h2-8,13-14H,9-12H2,1H3,(H,21,23)/b20-13+. The Balaban J connectivity index is 1.63. The van der Waals surface area contributed by atoms with Gasteiger partial charge < -0.3 is 4.90 Å². The highest BCUT2D eigenvalue weighted by molar-refractivity contribution is 6.35. The number of nitrogens with zero attached hydrogens (tertiary/aromatic N) is 2. The molecule has 3 rings (SSSR count). The van der Waals surface area contributed by atoms with Gasteiger partial charge in [-0.3, -0.25) is 9.59 Å². The second-order valence-electron chi connectivity index (χ2n) is 6.24. The van der Waals surface area contributed by atoms with Gasteiger partial charge in [0.1, 0.15) is 0 Å². The molecule has 1 N–H and O–H groups in total. The summed E-state index contributed by atoms with van der Waals surface area (Å²) in [5.41, 5.74) is 3.24. The summed E-state index contributed by atoms with van der Waals surface area (Å²) in [6, 6.07) is 13.8. The van der Waals surface area contributed by atoms with E-state index in [4.69, 9.17) is 0 Å². The third-order valence-electron chi connectivity index (χ3n) is 4.46. The van der Waals surface area contributed by atoms with Crippen LogP contribution in [0.1, 0.15) is 25.3 Å². The number of piperidine rings is 1. The Kier molecular flexibility index (Phi) is 4.89. The number of hydrogen-bond donors (Lipinski definition) is 1. The molecule has 1 heterocycles. The number of hydrogen-bond acceptors (Lipinski definition) is 3. The van der Waals surface area contributed by atoms with E-state index in [9.17, 15) is 9.59 Å². The van der Waals surface area contributed by atoms with Crippen LogP contribution in [0.4, 0.5) is 0 Å². The molecule has 0 aromatic heterocycles. The summed E-state index contributed by atoms with van der Waals surface area (Å²) in [6.07, 6.45) is 3.46. The first-order chi connectivity index (χ1) is 11.6. The second-order valence-corrected chi connectivity index (χ2v) is 6.24. The average molecular weight is 323 g/mol. The van der Waals surface area contributed by atoms with Crippen LogP contribution >= 0.6 is 0 Å². The monoisotopic (exact) mass is 323 g/mol. The zero-order valence-corrected chi connectivity index (χ0v) is 13.7. The van der Waals surface area contributed by atoms with Gasteiger partial charge in [0, 0.05) is 18.7 Å². The van der Waals surface area contributed by atoms with Crippen molar-refractivity contribution in [3.8, 4) is 0 Å². The third kappa shape index (κ3) is 3.62. The Hall–Kier alpha value is -2.69. The van der Waals surface area contributed by atoms with E-state index in [2.05, 4.69) is 17.5 Å². The lowest BCUT2D eigenvalue weighted by atomic mass is 9.99. The van der Waals surface area contributed by atoms with E-state index in [0.717, 1.165) is 29.2 Å². The first-order valence-corrected chi connectivity index (χ1v) is 8.25. The molecule has 24 heavy (non-hydrogen) atoms. The highest BCUT2D eigenvalue weighted by atomic mass is 16.2. The fraction of sp³-hybridized carbons (Fsp3) is 0.316. The average Bonchev–Trinajstić information content (AvgIpc) is 2.62. The zero-order valence-electron chi connectivity index (χ0n) is 13.7. The molecular weight excluding hydrogens is 302 g/mol. The molecule has 2 amide bonds. The molecule has 1 saturated heterocycles. The van der Waals surface area contributed by atoms with Gasteiger partial charge in [-0.05, 0) is 29.5 Å². The Bertz CT molecular complexity index is 772. The summed E-state index contributed by atoms with van der Waals surface area (Å²) in [6.45, 7) is 3.44. The molecule has 124 valence electrons. The molecule has 2 aromatic rings. The summed E-state index contributed by atoms with van der Waals surface area (Å²) >= 11 is 0. The van der Waals surface area contributed by atoms with Crippen LogP contribution in [0.15, 0.2) is 47.6 Å². The van der Waals surface area contributed by atoms with E-state index in [1.165, 1.54) is 0 Å². The molecule has 1 aliphatic rings. The van der Waals surface area contributed by atoms with Gasteiger partial charge in [0.25, 0.3) is 0 Å². The van der Waals surface area contributed by atoms with Gasteiger partial charge in [-0.1, -0.05) is 49.4 Å². The van der Waals surface area contributed by atoms with Gasteiger partial charge in [-0.2, -0.15) is 5.10 Å². The highest BCUT2D eigenvalue weighted by Crippen LogP contribution is 2.17. The fourth-order valence-electron chi connectivity index (χ4n) is 2.93. The summed E-state index contributed by atoms with van der Waals surface area (Å²) < 4.78 is 0. The molecule has 0 unspecified atom stereocenters. The Morgan fingerprint density at radius 1 is 1.12 bits per heavy atom. The van der Waals surface area contributed by atoms with Crippen molar-refractivity contribution < 1.29 is 9.59 Å². The lowest BCUT2D eigenvalue weighted by Crippen LogP contribution is -2.45. The summed E-state index contributed by atoms with van der Waals surface area (Å²) in [7, 11) is 0. The van der Waals surface area contributed by atoms with E-state index in [1.54, 1.807) is 11.1 Å². The lowest BCUT2D eigenvalue weighted by Gasteiger charge is -2.29. The van der Waals surface area contributed by atoms with Gasteiger partial charge in [0.2, 0.25) is 0 Å². The summed E-state index contributed by atoms with van der Waals surface area (Å²) in [5, 5.41) is 6.10. The van der Waals surface area contributed by atoms with E-state index in [-0.39, 0.29) is 0 Å². The maximum absolute atomic E-state index is 12.1. The Morgan fingerprint density at radius 2 is 1.83 bits per heavy atom. The predicted molar refractivity (Wildman–Crippen MR) is 94.7 cm³/mol. The number of benzene rings is 2. The van der Waals surface area contributed by atoms with E-state index in [0.29, 0.717) is 19.0 Å². The number of rotatable bonds is 2. The van der Waals surface area contributed by atoms with Gasteiger partial charge in [-0.15, -0.1) is 0 Å². The first-order valence-electron chi connectivity index (χ1n) is 8.25. The van der Waals surface area contributed by atoms with Crippen molar-refractivity contribution in [1.82, 2.24) is 10.3 Å². The van der Waals surface area contributed by atoms with E-state index in [1.807, 2.05) is 42.5 Å². The van der Waals surface area contributed by atoms with Crippen LogP contribution < -0.4 is 5.43 Å². The van der Waals surface area contributed by atoms with Crippen molar-refractivity contribution in [1.29, 1.82) is 0 Å². The molecule has 0 radical (unpaired) electrons. The fourth-order valence-corrected chi connectivity index (χ4v) is 2.93. The van der Waals surface area contributed by atoms with Crippen molar-refractivity contribution >= 4 is 28.8 Å². The molecule has 0 bridgehead atoms. The molecule has 0 saturated carbocycles. The van der Waals surface area contributed by atoms with Crippen molar-refractivity contribution in [2.75, 3.05) is 13.1 Å². The first kappa shape index (κ1) is 16.2. The zero-order chi connectivity index (χ0) is 16.9. The summed E-state index contributed by atoms with van der Waals surface area (Å²) in [5.74, 6) is -0.570. The van der Waals surface area contributed by atoms with Crippen LogP contribution in [-0.4, -0.2) is 36.0 Å². The highest BCUT2D eigenvalue weighted by Gasteiger charge is 2.25. The van der Waals surface area contributed by atoms with Crippen molar-refractivity contribution in [3.05, 3.63) is 48.0 Å². The summed E-state index contributed by atoms with van der Waals surface area (Å²) in [4.78, 5) is 25.7. The number of nitrogens with one attached hydrogen (secondary N) is 1. The van der Waals surface area contributed by atoms with Crippen LogP contribution in [0, 0.1) is 5.92 Å². The molecule has 5 nitrogen and oxygen atoms in total. The lowest BCUT2D eigenvalue weighted by molar-refractivity contribution is -0.146. The molecule has 0 atom stereocenters.